The molecule has 3 aliphatic carbocycles. The first-order valence-electron chi connectivity index (χ1n) is 11.1. The summed E-state index contributed by atoms with van der Waals surface area (Å²) in [5.74, 6) is 0.0493. The first kappa shape index (κ1) is 21.7. The Morgan fingerprint density at radius 1 is 1.37 bits per heavy atom. The molecule has 166 valence electrons. The third kappa shape index (κ3) is 3.19. The van der Waals surface area contributed by atoms with Gasteiger partial charge in [0.15, 0.2) is 11.4 Å². The molecule has 0 amide bonds. The Hall–Kier alpha value is -1.50. The number of allylic oxidation sites excluding steroid dienone is 1. The number of carbonyl (C=O) groups is 2. The highest BCUT2D eigenvalue weighted by Crippen LogP contribution is 2.64. The topological polar surface area (TPSA) is 96.4 Å². The molecule has 1 heterocycles. The molecule has 1 saturated heterocycles. The standard InChI is InChI=1S/C24H34O6/c1-14-6-7-18-22(3,13-29-15(2)26)8-5-9-23(18,4)17(14)11-24-19(27)10-16(12-25)20(28)21(24)30-24/h10,17-18,20-21,25,28H,1,5-9,11-13H2,2-4H3/t17-,18-,20-,21+,22-,23+,24-/m0/s1. The van der Waals surface area contributed by atoms with E-state index in [-0.39, 0.29) is 35.1 Å². The van der Waals surface area contributed by atoms with Gasteiger partial charge in [0.2, 0.25) is 0 Å². The zero-order valence-corrected chi connectivity index (χ0v) is 18.3. The lowest BCUT2D eigenvalue weighted by Crippen LogP contribution is -2.53. The minimum Gasteiger partial charge on any atom is -0.465 e. The normalized spacial score (nSPS) is 45.3. The number of hydrogen-bond acceptors (Lipinski definition) is 6. The molecule has 0 spiro atoms. The molecule has 7 atom stereocenters. The maximum Gasteiger partial charge on any atom is 0.302 e. The number of rotatable bonds is 5. The molecule has 0 aromatic rings. The van der Waals surface area contributed by atoms with Crippen molar-refractivity contribution in [2.75, 3.05) is 13.2 Å². The van der Waals surface area contributed by atoms with Gasteiger partial charge in [-0.1, -0.05) is 32.4 Å². The second-order valence-electron chi connectivity index (χ2n) is 10.4. The van der Waals surface area contributed by atoms with Crippen LogP contribution in [0.5, 0.6) is 0 Å². The van der Waals surface area contributed by atoms with Gasteiger partial charge in [-0.05, 0) is 61.0 Å². The summed E-state index contributed by atoms with van der Waals surface area (Å²) in [5, 5.41) is 19.9. The molecule has 0 radical (unpaired) electrons. The van der Waals surface area contributed by atoms with Gasteiger partial charge < -0.3 is 19.7 Å². The van der Waals surface area contributed by atoms with Crippen molar-refractivity contribution in [2.24, 2.45) is 22.7 Å². The first-order valence-corrected chi connectivity index (χ1v) is 11.1. The lowest BCUT2D eigenvalue weighted by atomic mass is 9.46. The SMILES string of the molecule is C=C1CC[C@H]2[C@](C)(COC(C)=O)CCC[C@]2(C)[C@H]1C[C@@]12O[C@@H]1[C@@H](O)C(CO)=CC2=O. The molecule has 0 unspecified atom stereocenters. The Labute approximate surface area is 178 Å². The van der Waals surface area contributed by atoms with Crippen molar-refractivity contribution in [3.05, 3.63) is 23.8 Å². The van der Waals surface area contributed by atoms with E-state index in [1.807, 2.05) is 0 Å². The van der Waals surface area contributed by atoms with Crippen molar-refractivity contribution in [1.29, 1.82) is 0 Å². The van der Waals surface area contributed by atoms with Crippen molar-refractivity contribution >= 4 is 11.8 Å². The lowest BCUT2D eigenvalue weighted by molar-refractivity contribution is -0.153. The maximum atomic E-state index is 12.9. The van der Waals surface area contributed by atoms with Crippen LogP contribution in [0.25, 0.3) is 0 Å². The number of ether oxygens (including phenoxy) is 2. The third-order valence-electron chi connectivity index (χ3n) is 8.58. The summed E-state index contributed by atoms with van der Waals surface area (Å²) < 4.78 is 11.3. The first-order chi connectivity index (χ1) is 14.1. The van der Waals surface area contributed by atoms with Gasteiger partial charge in [-0.2, -0.15) is 0 Å². The molecular weight excluding hydrogens is 384 g/mol. The number of ketones is 1. The van der Waals surface area contributed by atoms with Crippen molar-refractivity contribution in [3.63, 3.8) is 0 Å². The molecule has 1 aliphatic heterocycles. The molecule has 0 aromatic carbocycles. The van der Waals surface area contributed by atoms with Crippen LogP contribution in [-0.4, -0.2) is 53.0 Å². The number of carbonyl (C=O) groups excluding carboxylic acids is 2. The number of esters is 1. The molecule has 0 bridgehead atoms. The van der Waals surface area contributed by atoms with E-state index < -0.39 is 17.8 Å². The third-order valence-corrected chi connectivity index (χ3v) is 8.58. The number of epoxide rings is 1. The smallest absolute Gasteiger partial charge is 0.302 e. The van der Waals surface area contributed by atoms with E-state index in [0.29, 0.717) is 24.5 Å². The van der Waals surface area contributed by atoms with Crippen LogP contribution in [0.3, 0.4) is 0 Å². The largest absolute Gasteiger partial charge is 0.465 e. The average molecular weight is 419 g/mol. The zero-order valence-electron chi connectivity index (χ0n) is 18.3. The fourth-order valence-corrected chi connectivity index (χ4v) is 6.89. The van der Waals surface area contributed by atoms with Crippen LogP contribution in [0.4, 0.5) is 0 Å². The minimum absolute atomic E-state index is 0.0695. The highest BCUT2D eigenvalue weighted by atomic mass is 16.6. The Bertz CT molecular complexity index is 802. The van der Waals surface area contributed by atoms with E-state index in [0.717, 1.165) is 37.7 Å². The van der Waals surface area contributed by atoms with Gasteiger partial charge in [-0.15, -0.1) is 0 Å². The number of hydrogen-bond donors (Lipinski definition) is 2. The summed E-state index contributed by atoms with van der Waals surface area (Å²) in [6.07, 6.45) is 5.34. The summed E-state index contributed by atoms with van der Waals surface area (Å²) in [4.78, 5) is 24.4. The average Bonchev–Trinajstić information content (AvgIpc) is 3.43. The van der Waals surface area contributed by atoms with Gasteiger partial charge in [-0.3, -0.25) is 9.59 Å². The predicted molar refractivity (Wildman–Crippen MR) is 110 cm³/mol. The van der Waals surface area contributed by atoms with Gasteiger partial charge in [0.25, 0.3) is 0 Å². The van der Waals surface area contributed by atoms with Crippen LogP contribution in [0, 0.1) is 22.7 Å². The number of aliphatic hydroxyl groups is 2. The van der Waals surface area contributed by atoms with E-state index in [4.69, 9.17) is 9.47 Å². The fourth-order valence-electron chi connectivity index (χ4n) is 6.89. The zero-order chi connectivity index (χ0) is 21.9. The second kappa shape index (κ2) is 7.28. The van der Waals surface area contributed by atoms with Gasteiger partial charge in [0, 0.05) is 12.3 Å². The van der Waals surface area contributed by atoms with Crippen LogP contribution in [0.15, 0.2) is 23.8 Å². The van der Waals surface area contributed by atoms with Crippen LogP contribution < -0.4 is 0 Å². The van der Waals surface area contributed by atoms with Crippen molar-refractivity contribution in [1.82, 2.24) is 0 Å². The van der Waals surface area contributed by atoms with Gasteiger partial charge in [0.1, 0.15) is 12.2 Å². The summed E-state index contributed by atoms with van der Waals surface area (Å²) in [6.45, 7) is 10.4. The monoisotopic (exact) mass is 418 g/mol. The van der Waals surface area contributed by atoms with Crippen LogP contribution >= 0.6 is 0 Å². The van der Waals surface area contributed by atoms with E-state index in [1.54, 1.807) is 0 Å². The number of fused-ring (bicyclic) bond motifs is 2. The molecule has 4 aliphatic rings. The van der Waals surface area contributed by atoms with Gasteiger partial charge in [-0.25, -0.2) is 0 Å². The molecule has 6 heteroatoms. The van der Waals surface area contributed by atoms with E-state index in [1.165, 1.54) is 13.0 Å². The molecule has 0 aromatic heterocycles. The van der Waals surface area contributed by atoms with Crippen molar-refractivity contribution in [3.8, 4) is 0 Å². The second-order valence-corrected chi connectivity index (χ2v) is 10.4. The summed E-state index contributed by atoms with van der Waals surface area (Å²) in [5.41, 5.74) is 0.309. The molecule has 4 rings (SSSR count). The molecule has 2 N–H and O–H groups in total. The maximum absolute atomic E-state index is 12.9. The highest BCUT2D eigenvalue weighted by molar-refractivity contribution is 6.02. The molecular formula is C24H34O6. The lowest BCUT2D eigenvalue weighted by Gasteiger charge is -2.58. The van der Waals surface area contributed by atoms with E-state index in [9.17, 15) is 19.8 Å². The quantitative estimate of drug-likeness (QED) is 0.405. The Kier molecular flexibility index (Phi) is 5.27. The predicted octanol–water partition coefficient (Wildman–Crippen LogP) is 2.72. The van der Waals surface area contributed by atoms with E-state index in [2.05, 4.69) is 20.4 Å². The molecule has 6 nitrogen and oxygen atoms in total. The van der Waals surface area contributed by atoms with Crippen molar-refractivity contribution in [2.45, 2.75) is 77.1 Å². The minimum atomic E-state index is -1.000. The van der Waals surface area contributed by atoms with Crippen molar-refractivity contribution < 1.29 is 29.3 Å². The Balaban J connectivity index is 1.61. The number of aliphatic hydroxyl groups excluding tert-OH is 2. The Morgan fingerprint density at radius 2 is 2.10 bits per heavy atom. The molecule has 3 fully saturated rings. The fraction of sp³-hybridized carbons (Fsp3) is 0.750. The summed E-state index contributed by atoms with van der Waals surface area (Å²) in [7, 11) is 0. The summed E-state index contributed by atoms with van der Waals surface area (Å²) >= 11 is 0. The Morgan fingerprint density at radius 3 is 2.77 bits per heavy atom. The van der Waals surface area contributed by atoms with Gasteiger partial charge in [0.05, 0.1) is 13.2 Å². The van der Waals surface area contributed by atoms with Gasteiger partial charge >= 0.3 is 5.97 Å². The van der Waals surface area contributed by atoms with Crippen LogP contribution in [0.2, 0.25) is 0 Å². The molecule has 30 heavy (non-hydrogen) atoms. The highest BCUT2D eigenvalue weighted by Gasteiger charge is 2.69. The van der Waals surface area contributed by atoms with Crippen LogP contribution in [-0.2, 0) is 19.1 Å². The van der Waals surface area contributed by atoms with E-state index >= 15 is 0 Å². The summed E-state index contributed by atoms with van der Waals surface area (Å²) in [6, 6.07) is 0. The molecule has 2 saturated carbocycles. The van der Waals surface area contributed by atoms with Crippen LogP contribution in [0.1, 0.15) is 59.3 Å².